The van der Waals surface area contributed by atoms with Gasteiger partial charge in [0.25, 0.3) is 0 Å². The third kappa shape index (κ3) is 0.537. The Morgan fingerprint density at radius 1 is 1.30 bits per heavy atom. The van der Waals surface area contributed by atoms with Gasteiger partial charge in [0, 0.05) is 0 Å². The molecule has 0 bridgehead atoms. The summed E-state index contributed by atoms with van der Waals surface area (Å²) in [5, 5.41) is 4.16. The first-order valence-electron chi connectivity index (χ1n) is 2.17. The van der Waals surface area contributed by atoms with Gasteiger partial charge in [-0.2, -0.15) is 8.78 Å². The average molecular weight is 176 g/mol. The van der Waals surface area contributed by atoms with Gasteiger partial charge in [0.15, 0.2) is 0 Å². The van der Waals surface area contributed by atoms with Gasteiger partial charge in [-0.05, 0) is 0 Å². The van der Waals surface area contributed by atoms with Gasteiger partial charge in [0.05, 0.1) is 0 Å². The third-order valence-corrected chi connectivity index (χ3v) is 1.58. The summed E-state index contributed by atoms with van der Waals surface area (Å²) < 4.78 is 47.7. The monoisotopic (exact) mass is 176 g/mol. The Morgan fingerprint density at radius 3 is 1.80 bits per heavy atom. The lowest BCUT2D eigenvalue weighted by Gasteiger charge is -2.34. The van der Waals surface area contributed by atoms with E-state index in [2.05, 4.69) is 11.6 Å². The van der Waals surface area contributed by atoms with E-state index in [4.69, 9.17) is 5.11 Å². The molecule has 0 radical (unpaired) electrons. The first-order chi connectivity index (χ1) is 4.32. The van der Waals surface area contributed by atoms with Gasteiger partial charge in [-0.3, -0.25) is 0 Å². The summed E-state index contributed by atoms with van der Waals surface area (Å²) in [6, 6.07) is 0. The summed E-state index contributed by atoms with van der Waals surface area (Å²) in [7, 11) is 0. The summed E-state index contributed by atoms with van der Waals surface area (Å²) >= 11 is 4.33. The minimum Gasteiger partial charge on any atom is -0.504 e. The van der Waals surface area contributed by atoms with E-state index >= 15 is 0 Å². The molecule has 1 N–H and O–H groups in total. The molecule has 0 amide bonds. The molecular formula is C4HClF4O. The highest BCUT2D eigenvalue weighted by atomic mass is 35.5. The summed E-state index contributed by atoms with van der Waals surface area (Å²) in [5.74, 6) is -8.23. The molecule has 0 aromatic heterocycles. The molecule has 1 unspecified atom stereocenters. The van der Waals surface area contributed by atoms with Crippen molar-refractivity contribution in [3.63, 3.8) is 0 Å². The van der Waals surface area contributed by atoms with E-state index in [-0.39, 0.29) is 0 Å². The van der Waals surface area contributed by atoms with Crippen molar-refractivity contribution in [1.82, 2.24) is 0 Å². The Balaban J connectivity index is 3.10. The van der Waals surface area contributed by atoms with Gasteiger partial charge in [-0.25, -0.2) is 8.78 Å². The number of alkyl halides is 4. The smallest absolute Gasteiger partial charge is 0.360 e. The summed E-state index contributed by atoms with van der Waals surface area (Å²) in [6.45, 7) is 0. The summed E-state index contributed by atoms with van der Waals surface area (Å²) in [5.41, 5.74) is 0. The second-order valence-corrected chi connectivity index (χ2v) is 2.33. The van der Waals surface area contributed by atoms with E-state index in [1.165, 1.54) is 0 Å². The van der Waals surface area contributed by atoms with Crippen LogP contribution >= 0.6 is 11.6 Å². The maximum absolute atomic E-state index is 12.0. The average Bonchev–Trinajstić information content (AvgIpc) is 1.84. The standard InChI is InChI=1S/C4HClF4O/c5-3(7)1(6)2(10)4(3,8)9/h10H. The molecule has 0 saturated heterocycles. The second-order valence-electron chi connectivity index (χ2n) is 1.81. The highest BCUT2D eigenvalue weighted by molar-refractivity contribution is 6.26. The van der Waals surface area contributed by atoms with Crippen molar-refractivity contribution in [2.45, 2.75) is 11.1 Å². The molecule has 0 aromatic carbocycles. The zero-order valence-corrected chi connectivity index (χ0v) is 5.09. The predicted molar refractivity (Wildman–Crippen MR) is 25.4 cm³/mol. The normalized spacial score (nSPS) is 37.7. The lowest BCUT2D eigenvalue weighted by Crippen LogP contribution is -2.51. The first kappa shape index (κ1) is 7.65. The van der Waals surface area contributed by atoms with Crippen LogP contribution in [0.15, 0.2) is 11.6 Å². The van der Waals surface area contributed by atoms with Gasteiger partial charge < -0.3 is 5.11 Å². The van der Waals surface area contributed by atoms with Gasteiger partial charge in [0.1, 0.15) is 0 Å². The van der Waals surface area contributed by atoms with E-state index < -0.39 is 22.6 Å². The quantitative estimate of drug-likeness (QED) is 0.443. The van der Waals surface area contributed by atoms with E-state index in [9.17, 15) is 17.6 Å². The van der Waals surface area contributed by atoms with Crippen molar-refractivity contribution in [3.8, 4) is 0 Å². The molecule has 1 aliphatic carbocycles. The molecule has 0 spiro atoms. The molecule has 10 heavy (non-hydrogen) atoms. The van der Waals surface area contributed by atoms with E-state index in [1.807, 2.05) is 0 Å². The molecule has 0 saturated carbocycles. The van der Waals surface area contributed by atoms with Crippen LogP contribution in [0.25, 0.3) is 0 Å². The zero-order chi connectivity index (χ0) is 8.15. The first-order valence-corrected chi connectivity index (χ1v) is 2.55. The maximum Gasteiger partial charge on any atom is 0.360 e. The molecule has 1 rings (SSSR count). The minimum absolute atomic E-state index is 1.93. The highest BCUT2D eigenvalue weighted by Gasteiger charge is 2.71. The molecule has 0 heterocycles. The van der Waals surface area contributed by atoms with Crippen LogP contribution in [-0.2, 0) is 0 Å². The van der Waals surface area contributed by atoms with Crippen molar-refractivity contribution < 1.29 is 22.7 Å². The summed E-state index contributed by atoms with van der Waals surface area (Å²) in [4.78, 5) is 0. The fourth-order valence-electron chi connectivity index (χ4n) is 0.511. The number of hydrogen-bond acceptors (Lipinski definition) is 1. The zero-order valence-electron chi connectivity index (χ0n) is 4.34. The highest BCUT2D eigenvalue weighted by Crippen LogP contribution is 2.56. The SMILES string of the molecule is OC1=C(F)C(F)(Cl)C1(F)F. The Labute approximate surface area is 57.9 Å². The Bertz CT molecular complexity index is 187. The van der Waals surface area contributed by atoms with E-state index in [1.54, 1.807) is 0 Å². The third-order valence-electron chi connectivity index (χ3n) is 1.18. The van der Waals surface area contributed by atoms with Crippen molar-refractivity contribution in [2.24, 2.45) is 0 Å². The molecular weight excluding hydrogens is 175 g/mol. The largest absolute Gasteiger partial charge is 0.504 e. The summed E-state index contributed by atoms with van der Waals surface area (Å²) in [6.07, 6.45) is 0. The van der Waals surface area contributed by atoms with Crippen LogP contribution in [0.2, 0.25) is 0 Å². The van der Waals surface area contributed by atoms with Crippen molar-refractivity contribution in [1.29, 1.82) is 0 Å². The number of allylic oxidation sites excluding steroid dienone is 2. The number of rotatable bonds is 0. The van der Waals surface area contributed by atoms with Crippen LogP contribution in [0.5, 0.6) is 0 Å². The maximum atomic E-state index is 12.0. The lowest BCUT2D eigenvalue weighted by atomic mass is 9.98. The molecule has 1 atom stereocenters. The second kappa shape index (κ2) is 1.58. The molecule has 1 aliphatic rings. The predicted octanol–water partition coefficient (Wildman–Crippen LogP) is 2.28. The molecule has 58 valence electrons. The lowest BCUT2D eigenvalue weighted by molar-refractivity contribution is -0.123. The van der Waals surface area contributed by atoms with Crippen LogP contribution in [0.1, 0.15) is 0 Å². The molecule has 0 fully saturated rings. The van der Waals surface area contributed by atoms with Crippen LogP contribution in [0, 0.1) is 0 Å². The Morgan fingerprint density at radius 2 is 1.70 bits per heavy atom. The molecule has 1 nitrogen and oxygen atoms in total. The van der Waals surface area contributed by atoms with Gasteiger partial charge >= 0.3 is 11.1 Å². The van der Waals surface area contributed by atoms with Crippen molar-refractivity contribution in [2.75, 3.05) is 0 Å². The topological polar surface area (TPSA) is 20.2 Å². The van der Waals surface area contributed by atoms with Crippen LogP contribution in [0.4, 0.5) is 17.6 Å². The molecule has 0 aromatic rings. The fourth-order valence-corrected chi connectivity index (χ4v) is 0.690. The number of aliphatic hydroxyl groups is 1. The van der Waals surface area contributed by atoms with Gasteiger partial charge in [-0.1, -0.05) is 11.6 Å². The molecule has 0 aliphatic heterocycles. The van der Waals surface area contributed by atoms with Crippen molar-refractivity contribution in [3.05, 3.63) is 11.6 Å². The van der Waals surface area contributed by atoms with E-state index in [0.717, 1.165) is 0 Å². The Kier molecular flexibility index (Phi) is 1.21. The van der Waals surface area contributed by atoms with E-state index in [0.29, 0.717) is 0 Å². The van der Waals surface area contributed by atoms with Gasteiger partial charge in [0.2, 0.25) is 11.6 Å². The fraction of sp³-hybridized carbons (Fsp3) is 0.500. The van der Waals surface area contributed by atoms with Crippen molar-refractivity contribution >= 4 is 11.6 Å². The Hall–Kier alpha value is -0.450. The van der Waals surface area contributed by atoms with Crippen LogP contribution in [-0.4, -0.2) is 16.2 Å². The number of halogens is 5. The van der Waals surface area contributed by atoms with Crippen LogP contribution in [0.3, 0.4) is 0 Å². The number of aliphatic hydroxyl groups excluding tert-OH is 1. The minimum atomic E-state index is -4.29. The molecule has 6 heteroatoms. The number of hydrogen-bond donors (Lipinski definition) is 1. The van der Waals surface area contributed by atoms with Crippen LogP contribution < -0.4 is 0 Å². The van der Waals surface area contributed by atoms with Gasteiger partial charge in [-0.15, -0.1) is 0 Å².